The number of benzene rings is 1. The average molecular weight is 277 g/mol. The molecule has 0 saturated heterocycles. The molecule has 1 aliphatic heterocycles. The van der Waals surface area contributed by atoms with E-state index < -0.39 is 0 Å². The lowest BCUT2D eigenvalue weighted by molar-refractivity contribution is -0.121. The Balaban J connectivity index is 1.95. The van der Waals surface area contributed by atoms with E-state index in [2.05, 4.69) is 26.1 Å². The summed E-state index contributed by atoms with van der Waals surface area (Å²) in [4.78, 5) is 11.9. The van der Waals surface area contributed by atoms with E-state index in [1.807, 2.05) is 18.2 Å². The first kappa shape index (κ1) is 14.7. The molecule has 1 N–H and O–H groups in total. The third-order valence-electron chi connectivity index (χ3n) is 3.33. The van der Waals surface area contributed by atoms with Crippen molar-refractivity contribution >= 4 is 5.91 Å². The fourth-order valence-electron chi connectivity index (χ4n) is 2.15. The van der Waals surface area contributed by atoms with E-state index >= 15 is 0 Å². The van der Waals surface area contributed by atoms with Crippen molar-refractivity contribution in [2.75, 3.05) is 19.8 Å². The summed E-state index contributed by atoms with van der Waals surface area (Å²) in [5.41, 5.74) is 1.11. The van der Waals surface area contributed by atoms with Crippen LogP contribution in [0.25, 0.3) is 0 Å². The van der Waals surface area contributed by atoms with Crippen molar-refractivity contribution in [3.8, 4) is 11.5 Å². The van der Waals surface area contributed by atoms with Crippen LogP contribution < -0.4 is 14.8 Å². The highest BCUT2D eigenvalue weighted by Gasteiger charge is 2.16. The molecule has 1 aromatic rings. The van der Waals surface area contributed by atoms with Gasteiger partial charge in [-0.15, -0.1) is 0 Å². The minimum absolute atomic E-state index is 0.0982. The third-order valence-corrected chi connectivity index (χ3v) is 3.33. The molecule has 1 heterocycles. The van der Waals surface area contributed by atoms with Gasteiger partial charge in [0.25, 0.3) is 0 Å². The van der Waals surface area contributed by atoms with Gasteiger partial charge in [-0.3, -0.25) is 4.79 Å². The zero-order valence-corrected chi connectivity index (χ0v) is 12.4. The first-order valence-corrected chi connectivity index (χ1v) is 7.22. The number of hydrogen-bond donors (Lipinski definition) is 1. The molecule has 0 fully saturated rings. The molecule has 0 radical (unpaired) electrons. The molecule has 110 valence electrons. The number of fused-ring (bicyclic) bond motifs is 1. The smallest absolute Gasteiger partial charge is 0.220 e. The maximum absolute atomic E-state index is 11.9. The highest BCUT2D eigenvalue weighted by atomic mass is 16.6. The van der Waals surface area contributed by atoms with Gasteiger partial charge < -0.3 is 14.8 Å². The van der Waals surface area contributed by atoms with Crippen LogP contribution >= 0.6 is 0 Å². The van der Waals surface area contributed by atoms with Gasteiger partial charge >= 0.3 is 0 Å². The van der Waals surface area contributed by atoms with E-state index in [1.165, 1.54) is 0 Å². The monoisotopic (exact) mass is 277 g/mol. The lowest BCUT2D eigenvalue weighted by Crippen LogP contribution is -2.28. The second-order valence-corrected chi connectivity index (χ2v) is 5.71. The highest BCUT2D eigenvalue weighted by Crippen LogP contribution is 2.33. The lowest BCUT2D eigenvalue weighted by Gasteiger charge is -2.20. The molecule has 0 aromatic heterocycles. The van der Waals surface area contributed by atoms with Crippen molar-refractivity contribution < 1.29 is 14.3 Å². The first-order chi connectivity index (χ1) is 9.56. The van der Waals surface area contributed by atoms with Crippen LogP contribution in [0.3, 0.4) is 0 Å². The van der Waals surface area contributed by atoms with E-state index in [-0.39, 0.29) is 11.8 Å². The van der Waals surface area contributed by atoms with Crippen LogP contribution in [0.4, 0.5) is 0 Å². The number of carbonyl (C=O) groups is 1. The second kappa shape index (κ2) is 6.64. The summed E-state index contributed by atoms with van der Waals surface area (Å²) in [6.07, 6.45) is 0.492. The SMILES string of the molecule is CC(C)CNC(=O)CC(C)c1ccc2c(c1)OCCO2. The Labute approximate surface area is 120 Å². The van der Waals surface area contributed by atoms with Crippen molar-refractivity contribution in [3.05, 3.63) is 23.8 Å². The summed E-state index contributed by atoms with van der Waals surface area (Å²) in [5, 5.41) is 2.95. The summed E-state index contributed by atoms with van der Waals surface area (Å²) >= 11 is 0. The largest absolute Gasteiger partial charge is 0.486 e. The lowest BCUT2D eigenvalue weighted by atomic mass is 9.97. The minimum atomic E-state index is 0.0982. The average Bonchev–Trinajstić information content (AvgIpc) is 2.44. The van der Waals surface area contributed by atoms with Crippen LogP contribution in [0.1, 0.15) is 38.7 Å². The van der Waals surface area contributed by atoms with E-state index in [1.54, 1.807) is 0 Å². The zero-order chi connectivity index (χ0) is 14.5. The fraction of sp³-hybridized carbons (Fsp3) is 0.562. The Kier molecular flexibility index (Phi) is 4.88. The normalized spacial score (nSPS) is 15.0. The van der Waals surface area contributed by atoms with Crippen LogP contribution in [-0.4, -0.2) is 25.7 Å². The van der Waals surface area contributed by atoms with Gasteiger partial charge in [-0.2, -0.15) is 0 Å². The summed E-state index contributed by atoms with van der Waals surface area (Å²) in [6, 6.07) is 5.91. The Morgan fingerprint density at radius 2 is 1.90 bits per heavy atom. The third kappa shape index (κ3) is 3.89. The van der Waals surface area contributed by atoms with Crippen molar-refractivity contribution in [2.24, 2.45) is 5.92 Å². The topological polar surface area (TPSA) is 47.6 Å². The van der Waals surface area contributed by atoms with Gasteiger partial charge in [0.2, 0.25) is 5.91 Å². The summed E-state index contributed by atoms with van der Waals surface area (Å²) in [5.74, 6) is 2.31. The van der Waals surface area contributed by atoms with Crippen LogP contribution in [0.2, 0.25) is 0 Å². The van der Waals surface area contributed by atoms with E-state index in [9.17, 15) is 4.79 Å². The molecule has 1 aromatic carbocycles. The summed E-state index contributed by atoms with van der Waals surface area (Å²) in [6.45, 7) is 8.14. The fourth-order valence-corrected chi connectivity index (χ4v) is 2.15. The van der Waals surface area contributed by atoms with Crippen molar-refractivity contribution in [1.29, 1.82) is 0 Å². The molecule has 1 amide bonds. The van der Waals surface area contributed by atoms with Gasteiger partial charge in [0.05, 0.1) is 0 Å². The number of amides is 1. The maximum Gasteiger partial charge on any atom is 0.220 e. The van der Waals surface area contributed by atoms with Gasteiger partial charge in [0.15, 0.2) is 11.5 Å². The molecule has 0 aliphatic carbocycles. The highest BCUT2D eigenvalue weighted by molar-refractivity contribution is 5.76. The Morgan fingerprint density at radius 3 is 2.60 bits per heavy atom. The summed E-state index contributed by atoms with van der Waals surface area (Å²) in [7, 11) is 0. The van der Waals surface area contributed by atoms with Crippen molar-refractivity contribution in [3.63, 3.8) is 0 Å². The van der Waals surface area contributed by atoms with Crippen LogP contribution in [-0.2, 0) is 4.79 Å². The number of ether oxygens (including phenoxy) is 2. The Bertz CT molecular complexity index is 471. The van der Waals surface area contributed by atoms with E-state index in [0.717, 1.165) is 23.6 Å². The summed E-state index contributed by atoms with van der Waals surface area (Å²) < 4.78 is 11.1. The molecular weight excluding hydrogens is 254 g/mol. The number of hydrogen-bond acceptors (Lipinski definition) is 3. The minimum Gasteiger partial charge on any atom is -0.486 e. The standard InChI is InChI=1S/C16H23NO3/c1-11(2)10-17-16(18)8-12(3)13-4-5-14-15(9-13)20-7-6-19-14/h4-5,9,11-12H,6-8,10H2,1-3H3,(H,17,18). The van der Waals surface area contributed by atoms with Gasteiger partial charge in [-0.05, 0) is 29.5 Å². The van der Waals surface area contributed by atoms with Gasteiger partial charge in [-0.1, -0.05) is 26.8 Å². The zero-order valence-electron chi connectivity index (χ0n) is 12.4. The second-order valence-electron chi connectivity index (χ2n) is 5.71. The van der Waals surface area contributed by atoms with Gasteiger partial charge in [0, 0.05) is 13.0 Å². The van der Waals surface area contributed by atoms with Crippen molar-refractivity contribution in [1.82, 2.24) is 5.32 Å². The molecule has 4 heteroatoms. The quantitative estimate of drug-likeness (QED) is 0.900. The predicted octanol–water partition coefficient (Wildman–Crippen LogP) is 2.72. The molecule has 20 heavy (non-hydrogen) atoms. The molecular formula is C16H23NO3. The molecule has 1 unspecified atom stereocenters. The predicted molar refractivity (Wildman–Crippen MR) is 78.3 cm³/mol. The molecule has 2 rings (SSSR count). The molecule has 0 spiro atoms. The van der Waals surface area contributed by atoms with E-state index in [4.69, 9.17) is 9.47 Å². The molecule has 1 atom stereocenters. The van der Waals surface area contributed by atoms with Gasteiger partial charge in [-0.25, -0.2) is 0 Å². The first-order valence-electron chi connectivity index (χ1n) is 7.22. The molecule has 1 aliphatic rings. The number of nitrogens with one attached hydrogen (secondary N) is 1. The molecule has 4 nitrogen and oxygen atoms in total. The van der Waals surface area contributed by atoms with Crippen LogP contribution in [0, 0.1) is 5.92 Å². The van der Waals surface area contributed by atoms with Crippen molar-refractivity contribution in [2.45, 2.75) is 33.1 Å². The van der Waals surface area contributed by atoms with Gasteiger partial charge in [0.1, 0.15) is 13.2 Å². The Morgan fingerprint density at radius 1 is 1.20 bits per heavy atom. The number of rotatable bonds is 5. The molecule has 0 bridgehead atoms. The van der Waals surface area contributed by atoms with Crippen LogP contribution in [0.5, 0.6) is 11.5 Å². The Hall–Kier alpha value is -1.71. The van der Waals surface area contributed by atoms with E-state index in [0.29, 0.717) is 25.6 Å². The molecule has 0 saturated carbocycles. The number of carbonyl (C=O) groups excluding carboxylic acids is 1. The maximum atomic E-state index is 11.9. The van der Waals surface area contributed by atoms with Crippen LogP contribution in [0.15, 0.2) is 18.2 Å².